The average molecular weight is 505 g/mol. The lowest BCUT2D eigenvalue weighted by atomic mass is 9.88. The fourth-order valence-electron chi connectivity index (χ4n) is 8.17. The second-order valence-electron chi connectivity index (χ2n) is 11.3. The third kappa shape index (κ3) is 1.98. The van der Waals surface area contributed by atoms with Gasteiger partial charge < -0.3 is 8.80 Å². The van der Waals surface area contributed by atoms with Crippen LogP contribution in [0.5, 0.6) is 0 Å². The number of hydrogen-bond acceptors (Lipinski definition) is 0. The van der Waals surface area contributed by atoms with Gasteiger partial charge in [0.2, 0.25) is 0 Å². The summed E-state index contributed by atoms with van der Waals surface area (Å²) in [6.07, 6.45) is 0. The molecule has 40 heavy (non-hydrogen) atoms. The van der Waals surface area contributed by atoms with Gasteiger partial charge in [0.25, 0.3) is 0 Å². The predicted molar refractivity (Wildman–Crippen MR) is 171 cm³/mol. The summed E-state index contributed by atoms with van der Waals surface area (Å²) in [7, 11) is 0. The number of hydrogen-bond donors (Lipinski definition) is 0. The zero-order chi connectivity index (χ0) is 25.7. The van der Waals surface area contributed by atoms with E-state index in [1.807, 2.05) is 0 Å². The quantitative estimate of drug-likeness (QED) is 0.143. The third-order valence-electron chi connectivity index (χ3n) is 9.53. The summed E-state index contributed by atoms with van der Waals surface area (Å²) in [6.45, 7) is 0. The van der Waals surface area contributed by atoms with Crippen molar-refractivity contribution in [3.8, 4) is 0 Å². The molecule has 11 aromatic rings. The van der Waals surface area contributed by atoms with Crippen molar-refractivity contribution in [3.05, 3.63) is 121 Å². The number of para-hydroxylation sites is 4. The van der Waals surface area contributed by atoms with Crippen molar-refractivity contribution in [2.24, 2.45) is 0 Å². The van der Waals surface area contributed by atoms with Crippen molar-refractivity contribution in [2.75, 3.05) is 0 Å². The number of pyridine rings is 2. The van der Waals surface area contributed by atoms with Gasteiger partial charge in [-0.15, -0.1) is 0 Å². The van der Waals surface area contributed by atoms with E-state index in [4.69, 9.17) is 0 Å². The second-order valence-corrected chi connectivity index (χ2v) is 11.3. The molecule has 7 aromatic carbocycles. The maximum Gasteiger partial charge on any atom is 0.0620 e. The zero-order valence-corrected chi connectivity index (χ0v) is 21.4. The summed E-state index contributed by atoms with van der Waals surface area (Å²) in [5, 5.41) is 16.0. The van der Waals surface area contributed by atoms with E-state index in [1.165, 1.54) is 97.7 Å². The topological polar surface area (TPSA) is 8.82 Å². The van der Waals surface area contributed by atoms with Crippen LogP contribution in [0.15, 0.2) is 121 Å². The molecule has 0 amide bonds. The molecule has 4 aromatic heterocycles. The zero-order valence-electron chi connectivity index (χ0n) is 21.4. The van der Waals surface area contributed by atoms with Crippen molar-refractivity contribution >= 4 is 97.7 Å². The minimum atomic E-state index is 1.27. The highest BCUT2D eigenvalue weighted by Gasteiger charge is 2.24. The van der Waals surface area contributed by atoms with Crippen LogP contribution >= 0.6 is 0 Å². The van der Waals surface area contributed by atoms with Gasteiger partial charge in [-0.25, -0.2) is 0 Å². The van der Waals surface area contributed by atoms with E-state index in [2.05, 4.69) is 130 Å². The number of nitrogens with zero attached hydrogens (tertiary/aromatic N) is 2. The lowest BCUT2D eigenvalue weighted by Crippen LogP contribution is -1.97. The van der Waals surface area contributed by atoms with E-state index in [0.717, 1.165) is 0 Å². The molecule has 182 valence electrons. The first-order valence-electron chi connectivity index (χ1n) is 14.0. The molecule has 4 heterocycles. The number of aromatic nitrogens is 2. The summed E-state index contributed by atoms with van der Waals surface area (Å²) in [6, 6.07) is 45.3. The molecule has 0 aliphatic rings. The monoisotopic (exact) mass is 504 g/mol. The molecule has 0 aliphatic carbocycles. The van der Waals surface area contributed by atoms with E-state index in [-0.39, 0.29) is 0 Å². The lowest BCUT2D eigenvalue weighted by Gasteiger charge is -2.20. The Kier molecular flexibility index (Phi) is 3.17. The van der Waals surface area contributed by atoms with Crippen LogP contribution in [0.3, 0.4) is 0 Å². The van der Waals surface area contributed by atoms with E-state index in [0.29, 0.717) is 0 Å². The summed E-state index contributed by atoms with van der Waals surface area (Å²) in [5.41, 5.74) is 7.72. The van der Waals surface area contributed by atoms with Gasteiger partial charge in [-0.3, -0.25) is 0 Å². The predicted octanol–water partition coefficient (Wildman–Crippen LogP) is 10.3. The molecule has 2 heteroatoms. The van der Waals surface area contributed by atoms with Gasteiger partial charge in [0.05, 0.1) is 33.1 Å². The molecule has 0 saturated carbocycles. The minimum absolute atomic E-state index is 1.27. The molecule has 2 nitrogen and oxygen atoms in total. The fourth-order valence-corrected chi connectivity index (χ4v) is 8.17. The van der Waals surface area contributed by atoms with E-state index in [1.54, 1.807) is 0 Å². The first-order valence-corrected chi connectivity index (χ1v) is 14.0. The lowest BCUT2D eigenvalue weighted by molar-refractivity contribution is 1.35. The Morgan fingerprint density at radius 3 is 1.10 bits per heavy atom. The Hall–Kier alpha value is -5.34. The van der Waals surface area contributed by atoms with Crippen molar-refractivity contribution in [1.29, 1.82) is 0 Å². The van der Waals surface area contributed by atoms with Crippen LogP contribution in [0, 0.1) is 0 Å². The van der Waals surface area contributed by atoms with Gasteiger partial charge in [0, 0.05) is 53.9 Å². The summed E-state index contributed by atoms with van der Waals surface area (Å²) in [4.78, 5) is 0. The standard InChI is InChI=1S/C38H20N2/c1-3-17-29-21(9-1)23-11-5-15-27-33-25-14-8-20-32-36(25)34(26-13-7-19-31(35(26)33)39(29)37(23)27)28-16-6-12-24-22-10-2-4-18-30(22)40(32)38(24)28/h1-20H. The van der Waals surface area contributed by atoms with Crippen LogP contribution in [0.1, 0.15) is 0 Å². The number of benzene rings is 7. The molecule has 0 bridgehead atoms. The highest BCUT2D eigenvalue weighted by atomic mass is 14.9. The molecular formula is C38H20N2. The Morgan fingerprint density at radius 2 is 0.600 bits per heavy atom. The smallest absolute Gasteiger partial charge is 0.0620 e. The van der Waals surface area contributed by atoms with E-state index >= 15 is 0 Å². The van der Waals surface area contributed by atoms with Crippen LogP contribution in [0.2, 0.25) is 0 Å². The fraction of sp³-hybridized carbons (Fsp3) is 0. The molecule has 11 rings (SSSR count). The molecule has 0 unspecified atom stereocenters. The van der Waals surface area contributed by atoms with Gasteiger partial charge in [0.15, 0.2) is 0 Å². The molecule has 0 fully saturated rings. The summed E-state index contributed by atoms with van der Waals surface area (Å²) < 4.78 is 5.02. The highest BCUT2D eigenvalue weighted by molar-refractivity contribution is 6.43. The Morgan fingerprint density at radius 1 is 0.250 bits per heavy atom. The van der Waals surface area contributed by atoms with Crippen LogP contribution in [-0.2, 0) is 0 Å². The van der Waals surface area contributed by atoms with Crippen LogP contribution in [0.4, 0.5) is 0 Å². The Labute approximate surface area is 227 Å². The third-order valence-corrected chi connectivity index (χ3v) is 9.53. The molecule has 0 spiro atoms. The minimum Gasteiger partial charge on any atom is -0.308 e. The Balaban J connectivity index is 1.58. The second kappa shape index (κ2) is 6.44. The van der Waals surface area contributed by atoms with Crippen molar-refractivity contribution in [3.63, 3.8) is 0 Å². The van der Waals surface area contributed by atoms with Crippen LogP contribution in [-0.4, -0.2) is 8.80 Å². The van der Waals surface area contributed by atoms with Crippen molar-refractivity contribution in [2.45, 2.75) is 0 Å². The largest absolute Gasteiger partial charge is 0.308 e. The average Bonchev–Trinajstić information content (AvgIpc) is 3.53. The maximum absolute atomic E-state index is 2.51. The maximum atomic E-state index is 2.51. The van der Waals surface area contributed by atoms with E-state index in [9.17, 15) is 0 Å². The van der Waals surface area contributed by atoms with Crippen molar-refractivity contribution in [1.82, 2.24) is 8.80 Å². The number of fused-ring (bicyclic) bond motifs is 12. The Bertz CT molecular complexity index is 2660. The van der Waals surface area contributed by atoms with Crippen LogP contribution in [0.25, 0.3) is 97.7 Å². The molecule has 0 atom stereocenters. The highest BCUT2D eigenvalue weighted by Crippen LogP contribution is 2.49. The number of rotatable bonds is 0. The first-order chi connectivity index (χ1) is 19.9. The van der Waals surface area contributed by atoms with Gasteiger partial charge in [-0.1, -0.05) is 97.1 Å². The van der Waals surface area contributed by atoms with Gasteiger partial charge >= 0.3 is 0 Å². The first kappa shape index (κ1) is 19.7. The van der Waals surface area contributed by atoms with E-state index < -0.39 is 0 Å². The van der Waals surface area contributed by atoms with Gasteiger partial charge in [0.1, 0.15) is 0 Å². The molecule has 0 aliphatic heterocycles. The van der Waals surface area contributed by atoms with Crippen molar-refractivity contribution < 1.29 is 0 Å². The van der Waals surface area contributed by atoms with Crippen LogP contribution < -0.4 is 0 Å². The molecule has 0 N–H and O–H groups in total. The molecular weight excluding hydrogens is 484 g/mol. The molecule has 0 saturated heterocycles. The van der Waals surface area contributed by atoms with Gasteiger partial charge in [-0.2, -0.15) is 0 Å². The SMILES string of the molecule is c1ccc2c(c1)c1cccc3c4c5cccc6c5c(c5cccc(c54)n2c13)c1cccc2c3ccccc3n6c21. The normalized spacial score (nSPS) is 13.0. The van der Waals surface area contributed by atoms with Gasteiger partial charge in [-0.05, 0) is 35.0 Å². The molecule has 0 radical (unpaired) electrons. The summed E-state index contributed by atoms with van der Waals surface area (Å²) in [5.74, 6) is 0. The summed E-state index contributed by atoms with van der Waals surface area (Å²) >= 11 is 0.